The number of nitrogens with two attached hydrogens (primary N) is 2. The summed E-state index contributed by atoms with van der Waals surface area (Å²) in [4.78, 5) is 0. The second kappa shape index (κ2) is 7.77. The van der Waals surface area contributed by atoms with Gasteiger partial charge < -0.3 is 20.9 Å². The van der Waals surface area contributed by atoms with Gasteiger partial charge >= 0.3 is 0 Å². The van der Waals surface area contributed by atoms with Gasteiger partial charge in [-0.25, -0.2) is 0 Å². The van der Waals surface area contributed by atoms with Gasteiger partial charge in [-0.05, 0) is 55.2 Å². The maximum absolute atomic E-state index is 6.11. The van der Waals surface area contributed by atoms with Crippen LogP contribution < -0.4 is 20.9 Å². The number of nitrogen functional groups attached to an aromatic ring is 2. The molecule has 0 aliphatic carbocycles. The molecule has 0 saturated heterocycles. The molecule has 2 aromatic rings. The van der Waals surface area contributed by atoms with Gasteiger partial charge in [-0.3, -0.25) is 0 Å². The Balaban J connectivity index is 2.54. The van der Waals surface area contributed by atoms with Gasteiger partial charge in [0.1, 0.15) is 0 Å². The first-order valence-corrected chi connectivity index (χ1v) is 8.13. The summed E-state index contributed by atoms with van der Waals surface area (Å²) in [6, 6.07) is 9.81. The summed E-state index contributed by atoms with van der Waals surface area (Å²) in [5.74, 6) is 1.34. The van der Waals surface area contributed by atoms with Crippen molar-refractivity contribution >= 4 is 11.4 Å². The van der Waals surface area contributed by atoms with Gasteiger partial charge in [-0.15, -0.1) is 0 Å². The van der Waals surface area contributed by atoms with Crippen molar-refractivity contribution in [3.05, 3.63) is 35.9 Å². The highest BCUT2D eigenvalue weighted by Gasteiger charge is 2.16. The first kappa shape index (κ1) is 17.0. The van der Waals surface area contributed by atoms with Crippen molar-refractivity contribution in [3.8, 4) is 22.6 Å². The largest absolute Gasteiger partial charge is 0.489 e. The minimum absolute atomic E-state index is 0.598. The standard InChI is InChI=1S/C19H26N2O2/c1-4-10-22-18-15(14-6-8-16(20)13(3)12-14)7-9-17(21)19(18)23-11-5-2/h6-9,12H,4-5,10-11,20-21H2,1-3H3. The van der Waals surface area contributed by atoms with Crippen LogP contribution in [0.5, 0.6) is 11.5 Å². The number of hydrogen-bond acceptors (Lipinski definition) is 4. The molecule has 4 N–H and O–H groups in total. The number of anilines is 2. The number of aryl methyl sites for hydroxylation is 1. The summed E-state index contributed by atoms with van der Waals surface area (Å²) >= 11 is 0. The van der Waals surface area contributed by atoms with Crippen LogP contribution in [0.3, 0.4) is 0 Å². The lowest BCUT2D eigenvalue weighted by molar-refractivity contribution is 0.270. The lowest BCUT2D eigenvalue weighted by Gasteiger charge is -2.18. The minimum Gasteiger partial charge on any atom is -0.489 e. The van der Waals surface area contributed by atoms with Crippen molar-refractivity contribution in [2.75, 3.05) is 24.7 Å². The Bertz CT molecular complexity index is 669. The Hall–Kier alpha value is -2.36. The molecule has 4 heteroatoms. The second-order valence-electron chi connectivity index (χ2n) is 5.63. The molecule has 0 heterocycles. The van der Waals surface area contributed by atoms with Crippen LogP contribution in [0.2, 0.25) is 0 Å². The molecule has 0 atom stereocenters. The zero-order chi connectivity index (χ0) is 16.8. The van der Waals surface area contributed by atoms with E-state index in [2.05, 4.69) is 19.9 Å². The Morgan fingerprint density at radius 1 is 0.826 bits per heavy atom. The molecule has 124 valence electrons. The fraction of sp³-hybridized carbons (Fsp3) is 0.368. The summed E-state index contributed by atoms with van der Waals surface area (Å²) in [6.45, 7) is 7.36. The molecule has 4 nitrogen and oxygen atoms in total. The number of ether oxygens (including phenoxy) is 2. The molecule has 0 spiro atoms. The Labute approximate surface area is 138 Å². The molecule has 0 radical (unpaired) electrons. The number of rotatable bonds is 7. The lowest BCUT2D eigenvalue weighted by atomic mass is 10.0. The number of hydrogen-bond donors (Lipinski definition) is 2. The lowest BCUT2D eigenvalue weighted by Crippen LogP contribution is -2.05. The highest BCUT2D eigenvalue weighted by Crippen LogP contribution is 2.43. The maximum atomic E-state index is 6.11. The van der Waals surface area contributed by atoms with Crippen LogP contribution in [0.4, 0.5) is 11.4 Å². The highest BCUT2D eigenvalue weighted by molar-refractivity contribution is 5.80. The average Bonchev–Trinajstić information content (AvgIpc) is 2.54. The van der Waals surface area contributed by atoms with E-state index in [1.807, 2.05) is 31.2 Å². The predicted molar refractivity (Wildman–Crippen MR) is 97.0 cm³/mol. The molecule has 0 bridgehead atoms. The Morgan fingerprint density at radius 2 is 1.43 bits per heavy atom. The summed E-state index contributed by atoms with van der Waals surface area (Å²) in [6.07, 6.45) is 1.83. The first-order valence-electron chi connectivity index (χ1n) is 8.13. The summed E-state index contributed by atoms with van der Waals surface area (Å²) < 4.78 is 11.8. The molecule has 0 aromatic heterocycles. The molecule has 0 unspecified atom stereocenters. The second-order valence-corrected chi connectivity index (χ2v) is 5.63. The van der Waals surface area contributed by atoms with Gasteiger partial charge in [0.15, 0.2) is 11.5 Å². The van der Waals surface area contributed by atoms with Crippen LogP contribution in [-0.2, 0) is 0 Å². The van der Waals surface area contributed by atoms with Gasteiger partial charge in [0.2, 0.25) is 0 Å². The Kier molecular flexibility index (Phi) is 5.74. The van der Waals surface area contributed by atoms with E-state index in [0.29, 0.717) is 30.4 Å². The molecule has 2 aromatic carbocycles. The maximum Gasteiger partial charge on any atom is 0.184 e. The normalized spacial score (nSPS) is 10.6. The third-order valence-corrected chi connectivity index (χ3v) is 3.62. The topological polar surface area (TPSA) is 70.5 Å². The van der Waals surface area contributed by atoms with E-state index in [1.165, 1.54) is 0 Å². The van der Waals surface area contributed by atoms with E-state index in [1.54, 1.807) is 0 Å². The van der Waals surface area contributed by atoms with Gasteiger partial charge in [0.05, 0.1) is 18.9 Å². The molecular formula is C19H26N2O2. The van der Waals surface area contributed by atoms with E-state index in [0.717, 1.165) is 35.2 Å². The smallest absolute Gasteiger partial charge is 0.184 e. The molecule has 0 fully saturated rings. The van der Waals surface area contributed by atoms with Gasteiger partial charge in [-0.1, -0.05) is 19.9 Å². The predicted octanol–water partition coefficient (Wildman–Crippen LogP) is 4.40. The SMILES string of the molecule is CCCOc1c(N)ccc(-c2ccc(N)c(C)c2)c1OCCC. The van der Waals surface area contributed by atoms with Crippen LogP contribution in [0.25, 0.3) is 11.1 Å². The van der Waals surface area contributed by atoms with E-state index in [9.17, 15) is 0 Å². The quantitative estimate of drug-likeness (QED) is 0.743. The highest BCUT2D eigenvalue weighted by atomic mass is 16.5. The van der Waals surface area contributed by atoms with Crippen LogP contribution in [0.1, 0.15) is 32.3 Å². The van der Waals surface area contributed by atoms with Crippen molar-refractivity contribution in [2.45, 2.75) is 33.6 Å². The van der Waals surface area contributed by atoms with Gasteiger partial charge in [0.25, 0.3) is 0 Å². The minimum atomic E-state index is 0.598. The molecule has 0 aliphatic rings. The fourth-order valence-electron chi connectivity index (χ4n) is 2.35. The molecular weight excluding hydrogens is 288 g/mol. The van der Waals surface area contributed by atoms with Gasteiger partial charge in [-0.2, -0.15) is 0 Å². The van der Waals surface area contributed by atoms with Crippen molar-refractivity contribution in [1.29, 1.82) is 0 Å². The van der Waals surface area contributed by atoms with Gasteiger partial charge in [0, 0.05) is 11.3 Å². The van der Waals surface area contributed by atoms with Crippen LogP contribution in [-0.4, -0.2) is 13.2 Å². The van der Waals surface area contributed by atoms with Crippen molar-refractivity contribution < 1.29 is 9.47 Å². The Morgan fingerprint density at radius 3 is 2.04 bits per heavy atom. The summed E-state index contributed by atoms with van der Waals surface area (Å²) in [5, 5.41) is 0. The van der Waals surface area contributed by atoms with Crippen LogP contribution in [0, 0.1) is 6.92 Å². The van der Waals surface area contributed by atoms with Crippen LogP contribution in [0.15, 0.2) is 30.3 Å². The van der Waals surface area contributed by atoms with Crippen molar-refractivity contribution in [2.24, 2.45) is 0 Å². The zero-order valence-electron chi connectivity index (χ0n) is 14.2. The van der Waals surface area contributed by atoms with Crippen molar-refractivity contribution in [1.82, 2.24) is 0 Å². The van der Waals surface area contributed by atoms with Crippen LogP contribution >= 0.6 is 0 Å². The molecule has 2 rings (SSSR count). The van der Waals surface area contributed by atoms with E-state index >= 15 is 0 Å². The third kappa shape index (κ3) is 3.89. The molecule has 0 aliphatic heterocycles. The van der Waals surface area contributed by atoms with E-state index in [4.69, 9.17) is 20.9 Å². The van der Waals surface area contributed by atoms with E-state index in [-0.39, 0.29) is 0 Å². The summed E-state index contributed by atoms with van der Waals surface area (Å²) in [5.41, 5.74) is 16.5. The molecule has 0 amide bonds. The monoisotopic (exact) mass is 314 g/mol. The first-order chi connectivity index (χ1) is 11.1. The third-order valence-electron chi connectivity index (χ3n) is 3.62. The number of benzene rings is 2. The summed E-state index contributed by atoms with van der Waals surface area (Å²) in [7, 11) is 0. The molecule has 23 heavy (non-hydrogen) atoms. The average molecular weight is 314 g/mol. The fourth-order valence-corrected chi connectivity index (χ4v) is 2.35. The van der Waals surface area contributed by atoms with Crippen molar-refractivity contribution in [3.63, 3.8) is 0 Å². The molecule has 0 saturated carbocycles. The van der Waals surface area contributed by atoms with E-state index < -0.39 is 0 Å². The zero-order valence-corrected chi connectivity index (χ0v) is 14.2.